The van der Waals surface area contributed by atoms with E-state index in [-0.39, 0.29) is 11.1 Å². The van der Waals surface area contributed by atoms with Crippen molar-refractivity contribution in [2.75, 3.05) is 0 Å². The van der Waals surface area contributed by atoms with Crippen LogP contribution in [0.15, 0.2) is 41.7 Å². The molecule has 102 valence electrons. The van der Waals surface area contributed by atoms with E-state index in [1.54, 1.807) is 18.2 Å². The molecule has 19 heavy (non-hydrogen) atoms. The smallest absolute Gasteiger partial charge is 0.418 e. The van der Waals surface area contributed by atoms with Gasteiger partial charge in [0.15, 0.2) is 0 Å². The van der Waals surface area contributed by atoms with Crippen LogP contribution in [0.1, 0.15) is 36.0 Å². The lowest BCUT2D eigenvalue weighted by Gasteiger charge is -2.14. The minimum atomic E-state index is -4.62. The van der Waals surface area contributed by atoms with E-state index in [0.717, 1.165) is 0 Å². The average molecular weight is 270 g/mol. The molecule has 2 rings (SSSR count). The normalized spacial score (nSPS) is 15.4. The van der Waals surface area contributed by atoms with Crippen LogP contribution >= 0.6 is 0 Å². The maximum Gasteiger partial charge on any atom is 0.449 e. The highest BCUT2D eigenvalue weighted by Gasteiger charge is 2.40. The summed E-state index contributed by atoms with van der Waals surface area (Å²) in [5, 5.41) is 0. The quantitative estimate of drug-likeness (QED) is 0.593. The Labute approximate surface area is 108 Å². The van der Waals surface area contributed by atoms with Gasteiger partial charge >= 0.3 is 12.1 Å². The molecule has 1 saturated carbocycles. The van der Waals surface area contributed by atoms with Crippen LogP contribution < -0.4 is 0 Å². The molecule has 0 aliphatic heterocycles. The first-order valence-corrected chi connectivity index (χ1v) is 6.05. The third kappa shape index (κ3) is 3.36. The Hall–Kier alpha value is -1.78. The number of esters is 1. The molecule has 5 heteroatoms. The Morgan fingerprint density at radius 2 is 1.63 bits per heavy atom. The highest BCUT2D eigenvalue weighted by Crippen LogP contribution is 2.36. The second-order valence-corrected chi connectivity index (χ2v) is 4.39. The van der Waals surface area contributed by atoms with Crippen LogP contribution in [0.25, 0.3) is 0 Å². The number of halogens is 3. The fraction of sp³-hybridized carbons (Fsp3) is 0.357. The first-order chi connectivity index (χ1) is 8.98. The van der Waals surface area contributed by atoms with E-state index in [1.165, 1.54) is 12.1 Å². The van der Waals surface area contributed by atoms with Crippen molar-refractivity contribution in [3.05, 3.63) is 47.2 Å². The zero-order valence-electron chi connectivity index (χ0n) is 10.2. The van der Waals surface area contributed by atoms with Crippen molar-refractivity contribution < 1.29 is 22.7 Å². The third-order valence-electron chi connectivity index (χ3n) is 2.99. The molecule has 0 heterocycles. The van der Waals surface area contributed by atoms with Gasteiger partial charge in [-0.25, -0.2) is 4.79 Å². The van der Waals surface area contributed by atoms with Gasteiger partial charge in [-0.1, -0.05) is 18.2 Å². The maximum absolute atomic E-state index is 12.9. The summed E-state index contributed by atoms with van der Waals surface area (Å²) in [4.78, 5) is 11.7. The van der Waals surface area contributed by atoms with E-state index in [9.17, 15) is 18.0 Å². The molecule has 0 aromatic heterocycles. The predicted octanol–water partition coefficient (Wildman–Crippen LogP) is 4.23. The summed E-state index contributed by atoms with van der Waals surface area (Å²) in [5.74, 6) is -2.09. The molecule has 0 unspecified atom stereocenters. The van der Waals surface area contributed by atoms with Crippen molar-refractivity contribution >= 4 is 5.97 Å². The zero-order valence-corrected chi connectivity index (χ0v) is 10.2. The van der Waals surface area contributed by atoms with Crippen LogP contribution in [0.5, 0.6) is 0 Å². The van der Waals surface area contributed by atoms with Gasteiger partial charge < -0.3 is 4.74 Å². The van der Waals surface area contributed by atoms with Gasteiger partial charge in [-0.2, -0.15) is 13.2 Å². The topological polar surface area (TPSA) is 26.3 Å². The van der Waals surface area contributed by atoms with E-state index >= 15 is 0 Å². The van der Waals surface area contributed by atoms with Crippen molar-refractivity contribution in [1.82, 2.24) is 0 Å². The molecule has 0 saturated heterocycles. The maximum atomic E-state index is 12.9. The Kier molecular flexibility index (Phi) is 3.93. The first kappa shape index (κ1) is 13.6. The minimum Gasteiger partial charge on any atom is -0.418 e. The molecule has 1 fully saturated rings. The average Bonchev–Trinajstić information content (AvgIpc) is 2.88. The summed E-state index contributed by atoms with van der Waals surface area (Å²) < 4.78 is 43.3. The van der Waals surface area contributed by atoms with Crippen LogP contribution in [0.3, 0.4) is 0 Å². The summed E-state index contributed by atoms with van der Waals surface area (Å²) >= 11 is 0. The lowest BCUT2D eigenvalue weighted by Crippen LogP contribution is -2.20. The summed E-state index contributed by atoms with van der Waals surface area (Å²) in [5.41, 5.74) is 0.305. The molecule has 0 bridgehead atoms. The van der Waals surface area contributed by atoms with Gasteiger partial charge in [-0.05, 0) is 43.4 Å². The molecule has 0 radical (unpaired) electrons. The van der Waals surface area contributed by atoms with Gasteiger partial charge in [0.1, 0.15) is 0 Å². The molecule has 1 aromatic carbocycles. The number of hydrogen-bond acceptors (Lipinski definition) is 2. The largest absolute Gasteiger partial charge is 0.449 e. The SMILES string of the molecule is O=C(OC(=C1CCCC1)C(F)(F)F)c1ccccc1. The Morgan fingerprint density at radius 3 is 2.16 bits per heavy atom. The van der Waals surface area contributed by atoms with Crippen LogP contribution in [-0.4, -0.2) is 12.1 Å². The van der Waals surface area contributed by atoms with Gasteiger partial charge in [0.25, 0.3) is 0 Å². The van der Waals surface area contributed by atoms with E-state index in [2.05, 4.69) is 4.74 Å². The fourth-order valence-corrected chi connectivity index (χ4v) is 2.09. The van der Waals surface area contributed by atoms with Crippen molar-refractivity contribution in [2.45, 2.75) is 31.9 Å². The predicted molar refractivity (Wildman–Crippen MR) is 63.4 cm³/mol. The van der Waals surface area contributed by atoms with Crippen LogP contribution in [0, 0.1) is 0 Å². The highest BCUT2D eigenvalue weighted by molar-refractivity contribution is 5.90. The number of hydrogen-bond donors (Lipinski definition) is 0. The molecule has 1 aliphatic carbocycles. The number of carbonyl (C=O) groups is 1. The molecule has 0 amide bonds. The van der Waals surface area contributed by atoms with Gasteiger partial charge in [0, 0.05) is 0 Å². The fourth-order valence-electron chi connectivity index (χ4n) is 2.09. The number of rotatable bonds is 2. The van der Waals surface area contributed by atoms with E-state index in [4.69, 9.17) is 0 Å². The molecular weight excluding hydrogens is 257 g/mol. The Bertz CT molecular complexity index is 481. The van der Waals surface area contributed by atoms with E-state index in [0.29, 0.717) is 25.7 Å². The summed E-state index contributed by atoms with van der Waals surface area (Å²) in [6.07, 6.45) is -2.52. The second-order valence-electron chi connectivity index (χ2n) is 4.39. The third-order valence-corrected chi connectivity index (χ3v) is 2.99. The second kappa shape index (κ2) is 5.47. The van der Waals surface area contributed by atoms with Gasteiger partial charge in [-0.3, -0.25) is 0 Å². The number of benzene rings is 1. The van der Waals surface area contributed by atoms with Crippen LogP contribution in [0.2, 0.25) is 0 Å². The Balaban J connectivity index is 2.23. The standard InChI is InChI=1S/C14H13F3O2/c15-14(16,17)12(10-6-4-5-7-10)19-13(18)11-8-2-1-3-9-11/h1-3,8-9H,4-7H2. The molecule has 1 aliphatic rings. The monoisotopic (exact) mass is 270 g/mol. The molecule has 0 N–H and O–H groups in total. The van der Waals surface area contributed by atoms with Gasteiger partial charge in [0.2, 0.25) is 5.76 Å². The molecule has 0 atom stereocenters. The number of carbonyl (C=O) groups excluding carboxylic acids is 1. The van der Waals surface area contributed by atoms with Crippen molar-refractivity contribution in [1.29, 1.82) is 0 Å². The molecule has 1 aromatic rings. The van der Waals surface area contributed by atoms with E-state index < -0.39 is 17.9 Å². The highest BCUT2D eigenvalue weighted by atomic mass is 19.4. The molecule has 0 spiro atoms. The summed E-state index contributed by atoms with van der Waals surface area (Å²) in [7, 11) is 0. The van der Waals surface area contributed by atoms with Crippen molar-refractivity contribution in [3.63, 3.8) is 0 Å². The number of alkyl halides is 3. The summed E-state index contributed by atoms with van der Waals surface area (Å²) in [6.45, 7) is 0. The zero-order chi connectivity index (χ0) is 13.9. The molecular formula is C14H13F3O2. The van der Waals surface area contributed by atoms with Gasteiger partial charge in [0.05, 0.1) is 5.56 Å². The Morgan fingerprint density at radius 1 is 1.05 bits per heavy atom. The molecule has 2 nitrogen and oxygen atoms in total. The minimum absolute atomic E-state index is 0.114. The number of ether oxygens (including phenoxy) is 1. The first-order valence-electron chi connectivity index (χ1n) is 6.05. The lowest BCUT2D eigenvalue weighted by molar-refractivity contribution is -0.124. The van der Waals surface area contributed by atoms with Crippen molar-refractivity contribution in [3.8, 4) is 0 Å². The van der Waals surface area contributed by atoms with Gasteiger partial charge in [-0.15, -0.1) is 0 Å². The van der Waals surface area contributed by atoms with E-state index in [1.807, 2.05) is 0 Å². The van der Waals surface area contributed by atoms with Crippen LogP contribution in [0.4, 0.5) is 13.2 Å². The van der Waals surface area contributed by atoms with Crippen molar-refractivity contribution in [2.24, 2.45) is 0 Å². The lowest BCUT2D eigenvalue weighted by atomic mass is 10.2. The number of allylic oxidation sites excluding steroid dienone is 2. The van der Waals surface area contributed by atoms with Crippen LogP contribution in [-0.2, 0) is 4.74 Å². The summed E-state index contributed by atoms with van der Waals surface area (Å²) in [6, 6.07) is 7.68.